The first kappa shape index (κ1) is 13.7. The van der Waals surface area contributed by atoms with Crippen LogP contribution < -0.4 is 4.90 Å². The van der Waals surface area contributed by atoms with E-state index in [2.05, 4.69) is 37.7 Å². The Labute approximate surface area is 115 Å². The van der Waals surface area contributed by atoms with Crippen molar-refractivity contribution in [3.63, 3.8) is 0 Å². The molecule has 0 bridgehead atoms. The first-order chi connectivity index (χ1) is 8.74. The fraction of sp³-hybridized carbons (Fsp3) is 0.667. The second-order valence-electron chi connectivity index (χ2n) is 4.32. The highest BCUT2D eigenvalue weighted by Gasteiger charge is 2.24. The molecule has 100 valence electrons. The lowest BCUT2D eigenvalue weighted by molar-refractivity contribution is 0.0722. The van der Waals surface area contributed by atoms with Gasteiger partial charge in [-0.05, 0) is 22.4 Å². The van der Waals surface area contributed by atoms with E-state index in [1.807, 2.05) is 6.07 Å². The van der Waals surface area contributed by atoms with Crippen LogP contribution in [0.3, 0.4) is 0 Å². The number of aryl methyl sites for hydroxylation is 1. The maximum atomic E-state index is 9.39. The van der Waals surface area contributed by atoms with E-state index in [4.69, 9.17) is 4.74 Å². The summed E-state index contributed by atoms with van der Waals surface area (Å²) in [5.41, 5.74) is 0. The van der Waals surface area contributed by atoms with E-state index in [0.717, 1.165) is 35.6 Å². The molecule has 1 atom stereocenters. The third kappa shape index (κ3) is 3.18. The molecule has 1 aliphatic heterocycles. The number of hydrogen-bond acceptors (Lipinski definition) is 5. The first-order valence-electron chi connectivity index (χ1n) is 6.23. The van der Waals surface area contributed by atoms with Gasteiger partial charge in [-0.25, -0.2) is 9.97 Å². The van der Waals surface area contributed by atoms with Crippen molar-refractivity contribution in [2.24, 2.45) is 0 Å². The second kappa shape index (κ2) is 6.45. The SMILES string of the molecule is CCCc1nc(Br)cc(N2CCOCC2CO)n1. The summed E-state index contributed by atoms with van der Waals surface area (Å²) in [5, 5.41) is 9.39. The Balaban J connectivity index is 2.24. The van der Waals surface area contributed by atoms with Crippen LogP contribution in [0.25, 0.3) is 0 Å². The average molecular weight is 316 g/mol. The number of hydrogen-bond donors (Lipinski definition) is 1. The number of halogens is 1. The fourth-order valence-electron chi connectivity index (χ4n) is 2.04. The highest BCUT2D eigenvalue weighted by atomic mass is 79.9. The Kier molecular flexibility index (Phi) is 4.91. The van der Waals surface area contributed by atoms with E-state index >= 15 is 0 Å². The van der Waals surface area contributed by atoms with Crippen LogP contribution in [0.15, 0.2) is 10.7 Å². The summed E-state index contributed by atoms with van der Waals surface area (Å²) >= 11 is 3.42. The molecule has 1 fully saturated rings. The van der Waals surface area contributed by atoms with E-state index in [0.29, 0.717) is 13.2 Å². The van der Waals surface area contributed by atoms with Crippen molar-refractivity contribution >= 4 is 21.7 Å². The van der Waals surface area contributed by atoms with Gasteiger partial charge < -0.3 is 14.7 Å². The van der Waals surface area contributed by atoms with Crippen molar-refractivity contribution in [2.45, 2.75) is 25.8 Å². The van der Waals surface area contributed by atoms with E-state index < -0.39 is 0 Å². The molecule has 0 spiro atoms. The fourth-order valence-corrected chi connectivity index (χ4v) is 2.45. The second-order valence-corrected chi connectivity index (χ2v) is 5.13. The number of morpholine rings is 1. The van der Waals surface area contributed by atoms with Gasteiger partial charge in [0.25, 0.3) is 0 Å². The van der Waals surface area contributed by atoms with Gasteiger partial charge >= 0.3 is 0 Å². The van der Waals surface area contributed by atoms with Gasteiger partial charge in [0, 0.05) is 19.0 Å². The minimum atomic E-state index is -0.0185. The Morgan fingerprint density at radius 1 is 1.56 bits per heavy atom. The molecule has 0 aliphatic carbocycles. The predicted octanol–water partition coefficient (Wildman–Crippen LogP) is 1.39. The van der Waals surface area contributed by atoms with E-state index in [1.54, 1.807) is 0 Å². The molecule has 2 rings (SSSR count). The van der Waals surface area contributed by atoms with Crippen molar-refractivity contribution in [2.75, 3.05) is 31.3 Å². The van der Waals surface area contributed by atoms with Crippen LogP contribution in [-0.4, -0.2) is 47.5 Å². The monoisotopic (exact) mass is 315 g/mol. The molecule has 1 aromatic heterocycles. The zero-order chi connectivity index (χ0) is 13.0. The van der Waals surface area contributed by atoms with Crippen molar-refractivity contribution in [1.29, 1.82) is 0 Å². The molecule has 0 amide bonds. The lowest BCUT2D eigenvalue weighted by Gasteiger charge is -2.35. The molecule has 1 unspecified atom stereocenters. The Morgan fingerprint density at radius 2 is 2.39 bits per heavy atom. The normalized spacial score (nSPS) is 20.2. The summed E-state index contributed by atoms with van der Waals surface area (Å²) < 4.78 is 6.17. The smallest absolute Gasteiger partial charge is 0.133 e. The van der Waals surface area contributed by atoms with Gasteiger partial charge in [-0.3, -0.25) is 0 Å². The highest BCUT2D eigenvalue weighted by molar-refractivity contribution is 9.10. The van der Waals surface area contributed by atoms with Gasteiger partial charge in [0.2, 0.25) is 0 Å². The lowest BCUT2D eigenvalue weighted by Crippen LogP contribution is -2.48. The van der Waals surface area contributed by atoms with Crippen molar-refractivity contribution in [1.82, 2.24) is 9.97 Å². The average Bonchev–Trinajstić information content (AvgIpc) is 2.38. The van der Waals surface area contributed by atoms with Gasteiger partial charge in [0.1, 0.15) is 16.2 Å². The van der Waals surface area contributed by atoms with Crippen LogP contribution in [0.2, 0.25) is 0 Å². The van der Waals surface area contributed by atoms with Crippen LogP contribution >= 0.6 is 15.9 Å². The molecule has 0 radical (unpaired) electrons. The number of aliphatic hydroxyl groups is 1. The largest absolute Gasteiger partial charge is 0.394 e. The molecule has 2 heterocycles. The maximum absolute atomic E-state index is 9.39. The minimum absolute atomic E-state index is 0.0185. The summed E-state index contributed by atoms with van der Waals surface area (Å²) in [7, 11) is 0. The molecule has 1 N–H and O–H groups in total. The number of aliphatic hydroxyl groups excluding tert-OH is 1. The number of anilines is 1. The van der Waals surface area contributed by atoms with E-state index in [9.17, 15) is 5.11 Å². The summed E-state index contributed by atoms with van der Waals surface area (Å²) in [6.07, 6.45) is 1.88. The van der Waals surface area contributed by atoms with Gasteiger partial charge in [-0.1, -0.05) is 6.92 Å². The lowest BCUT2D eigenvalue weighted by atomic mass is 10.2. The van der Waals surface area contributed by atoms with Crippen LogP contribution in [0, 0.1) is 0 Å². The molecule has 5 nitrogen and oxygen atoms in total. The summed E-state index contributed by atoms with van der Waals surface area (Å²) in [5.74, 6) is 1.70. The van der Waals surface area contributed by atoms with Crippen LogP contribution in [0.4, 0.5) is 5.82 Å². The van der Waals surface area contributed by atoms with Gasteiger partial charge in [-0.15, -0.1) is 0 Å². The van der Waals surface area contributed by atoms with Crippen LogP contribution in [0.5, 0.6) is 0 Å². The molecule has 1 saturated heterocycles. The van der Waals surface area contributed by atoms with Crippen molar-refractivity contribution in [3.05, 3.63) is 16.5 Å². The number of nitrogens with zero attached hydrogens (tertiary/aromatic N) is 3. The van der Waals surface area contributed by atoms with Crippen LogP contribution in [-0.2, 0) is 11.2 Å². The quantitative estimate of drug-likeness (QED) is 0.851. The molecular weight excluding hydrogens is 298 g/mol. The van der Waals surface area contributed by atoms with Gasteiger partial charge in [-0.2, -0.15) is 0 Å². The molecule has 1 aromatic rings. The number of aromatic nitrogens is 2. The van der Waals surface area contributed by atoms with Crippen molar-refractivity contribution < 1.29 is 9.84 Å². The summed E-state index contributed by atoms with van der Waals surface area (Å²) in [6.45, 7) is 4.14. The predicted molar refractivity (Wildman–Crippen MR) is 72.8 cm³/mol. The third-order valence-electron chi connectivity index (χ3n) is 2.93. The topological polar surface area (TPSA) is 58.5 Å². The highest BCUT2D eigenvalue weighted by Crippen LogP contribution is 2.21. The molecule has 1 aliphatic rings. The standard InChI is InChI=1S/C12H18BrN3O2/c1-2-3-11-14-10(13)6-12(15-11)16-4-5-18-8-9(16)7-17/h6,9,17H,2-5,7-8H2,1H3. The minimum Gasteiger partial charge on any atom is -0.394 e. The molecular formula is C12H18BrN3O2. The number of ether oxygens (including phenoxy) is 1. The zero-order valence-electron chi connectivity index (χ0n) is 10.5. The summed E-state index contributed by atoms with van der Waals surface area (Å²) in [4.78, 5) is 11.0. The van der Waals surface area contributed by atoms with Gasteiger partial charge in [0.05, 0.1) is 25.9 Å². The molecule has 0 saturated carbocycles. The van der Waals surface area contributed by atoms with Gasteiger partial charge in [0.15, 0.2) is 0 Å². The molecule has 0 aromatic carbocycles. The Hall–Kier alpha value is -0.720. The van der Waals surface area contributed by atoms with Crippen LogP contribution in [0.1, 0.15) is 19.2 Å². The van der Waals surface area contributed by atoms with E-state index in [1.165, 1.54) is 0 Å². The Morgan fingerprint density at radius 3 is 3.11 bits per heavy atom. The Bertz CT molecular complexity index is 403. The molecule has 6 heteroatoms. The van der Waals surface area contributed by atoms with E-state index in [-0.39, 0.29) is 12.6 Å². The maximum Gasteiger partial charge on any atom is 0.133 e. The number of rotatable bonds is 4. The van der Waals surface area contributed by atoms with Crippen molar-refractivity contribution in [3.8, 4) is 0 Å². The molecule has 18 heavy (non-hydrogen) atoms. The summed E-state index contributed by atoms with van der Waals surface area (Å²) in [6, 6.07) is 1.88. The first-order valence-corrected chi connectivity index (χ1v) is 7.02. The third-order valence-corrected chi connectivity index (χ3v) is 3.34. The zero-order valence-corrected chi connectivity index (χ0v) is 12.1.